The van der Waals surface area contributed by atoms with Gasteiger partial charge in [-0.15, -0.1) is 0 Å². The predicted molar refractivity (Wildman–Crippen MR) is 83.2 cm³/mol. The van der Waals surface area contributed by atoms with Gasteiger partial charge in [0.25, 0.3) is 5.69 Å². The maximum absolute atomic E-state index is 11.9. The summed E-state index contributed by atoms with van der Waals surface area (Å²) in [6, 6.07) is 4.16. The van der Waals surface area contributed by atoms with Gasteiger partial charge in [0.15, 0.2) is 0 Å². The Bertz CT molecular complexity index is 647. The van der Waals surface area contributed by atoms with Gasteiger partial charge in [-0.2, -0.15) is 0 Å². The van der Waals surface area contributed by atoms with Gasteiger partial charge in [0.2, 0.25) is 11.8 Å². The average Bonchev–Trinajstić information content (AvgIpc) is 2.70. The number of carbonyl (C=O) groups is 2. The van der Waals surface area contributed by atoms with Gasteiger partial charge in [0.1, 0.15) is 4.32 Å². The highest BCUT2D eigenvalue weighted by Gasteiger charge is 2.31. The van der Waals surface area contributed by atoms with Gasteiger partial charge in [0.05, 0.1) is 10.2 Å². The highest BCUT2D eigenvalue weighted by atomic mass is 32.2. The van der Waals surface area contributed by atoms with Crippen molar-refractivity contribution in [1.29, 1.82) is 0 Å². The van der Waals surface area contributed by atoms with E-state index in [0.29, 0.717) is 15.6 Å². The Kier molecular flexibility index (Phi) is 4.53. The maximum atomic E-state index is 11.9. The lowest BCUT2D eigenvalue weighted by Crippen LogP contribution is -2.27. The summed E-state index contributed by atoms with van der Waals surface area (Å²) in [4.78, 5) is 33.5. The molecular formula is C12H11N3O4S2. The number of rotatable bonds is 4. The summed E-state index contributed by atoms with van der Waals surface area (Å²) in [6.45, 7) is 1.66. The molecule has 1 aliphatic rings. The molecule has 1 aliphatic heterocycles. The fourth-order valence-electron chi connectivity index (χ4n) is 1.80. The van der Waals surface area contributed by atoms with E-state index in [2.05, 4.69) is 10.6 Å². The first-order chi connectivity index (χ1) is 9.86. The molecule has 0 radical (unpaired) electrons. The number of nitro benzene ring substituents is 1. The summed E-state index contributed by atoms with van der Waals surface area (Å²) >= 11 is 5.99. The lowest BCUT2D eigenvalue weighted by Gasteiger charge is -2.09. The van der Waals surface area contributed by atoms with E-state index in [4.69, 9.17) is 12.2 Å². The Balaban J connectivity index is 2.01. The van der Waals surface area contributed by atoms with Crippen molar-refractivity contribution in [2.45, 2.75) is 18.6 Å². The topological polar surface area (TPSA) is 101 Å². The van der Waals surface area contributed by atoms with Crippen LogP contribution in [0.3, 0.4) is 0 Å². The normalized spacial score (nSPS) is 17.5. The van der Waals surface area contributed by atoms with E-state index in [-0.39, 0.29) is 23.9 Å². The number of nitro groups is 1. The van der Waals surface area contributed by atoms with Crippen molar-refractivity contribution >= 4 is 51.5 Å². The minimum atomic E-state index is -0.532. The van der Waals surface area contributed by atoms with Crippen molar-refractivity contribution in [3.8, 4) is 0 Å². The Hall–Kier alpha value is -2.00. The second kappa shape index (κ2) is 6.19. The van der Waals surface area contributed by atoms with E-state index in [1.165, 1.54) is 18.2 Å². The van der Waals surface area contributed by atoms with Crippen molar-refractivity contribution in [3.05, 3.63) is 33.9 Å². The van der Waals surface area contributed by atoms with Crippen molar-refractivity contribution in [2.75, 3.05) is 5.32 Å². The van der Waals surface area contributed by atoms with Gasteiger partial charge in [-0.3, -0.25) is 19.7 Å². The van der Waals surface area contributed by atoms with Gasteiger partial charge in [-0.1, -0.05) is 24.0 Å². The van der Waals surface area contributed by atoms with Crippen LogP contribution in [0.25, 0.3) is 0 Å². The molecule has 21 heavy (non-hydrogen) atoms. The lowest BCUT2D eigenvalue weighted by atomic mass is 10.1. The zero-order valence-corrected chi connectivity index (χ0v) is 12.5. The highest BCUT2D eigenvalue weighted by Crippen LogP contribution is 2.24. The molecule has 2 N–H and O–H groups in total. The SMILES string of the molecule is Cc1cc([N+](=O)[O-])ccc1NC(=O)CC1SC(=S)NC1=O. The van der Waals surface area contributed by atoms with E-state index >= 15 is 0 Å². The molecule has 1 saturated heterocycles. The molecular weight excluding hydrogens is 314 g/mol. The van der Waals surface area contributed by atoms with Crippen molar-refractivity contribution < 1.29 is 14.5 Å². The monoisotopic (exact) mass is 325 g/mol. The average molecular weight is 325 g/mol. The number of nitrogens with one attached hydrogen (secondary N) is 2. The molecule has 1 heterocycles. The van der Waals surface area contributed by atoms with E-state index in [1.807, 2.05) is 0 Å². The Morgan fingerprint density at radius 1 is 1.57 bits per heavy atom. The Labute approximate surface area is 129 Å². The fraction of sp³-hybridized carbons (Fsp3) is 0.250. The Morgan fingerprint density at radius 3 is 2.81 bits per heavy atom. The molecule has 9 heteroatoms. The molecule has 0 aliphatic carbocycles. The number of anilines is 1. The van der Waals surface area contributed by atoms with Crippen molar-refractivity contribution in [1.82, 2.24) is 5.32 Å². The highest BCUT2D eigenvalue weighted by molar-refractivity contribution is 8.24. The molecule has 0 bridgehead atoms. The number of amides is 2. The first kappa shape index (κ1) is 15.4. The standard InChI is InChI=1S/C12H11N3O4S2/c1-6-4-7(15(18)19)2-3-8(6)13-10(16)5-9-11(17)14-12(20)21-9/h2-4,9H,5H2,1H3,(H,13,16)(H,14,17,20). The van der Waals surface area contributed by atoms with Crippen LogP contribution in [0.4, 0.5) is 11.4 Å². The van der Waals surface area contributed by atoms with E-state index in [9.17, 15) is 19.7 Å². The minimum Gasteiger partial charge on any atom is -0.326 e. The van der Waals surface area contributed by atoms with E-state index in [0.717, 1.165) is 11.8 Å². The summed E-state index contributed by atoms with van der Waals surface area (Å²) < 4.78 is 0.365. The molecule has 7 nitrogen and oxygen atoms in total. The number of hydrogen-bond acceptors (Lipinski definition) is 6. The summed E-state index contributed by atoms with van der Waals surface area (Å²) in [5.74, 6) is -0.620. The zero-order chi connectivity index (χ0) is 15.6. The molecule has 0 spiro atoms. The van der Waals surface area contributed by atoms with Crippen LogP contribution in [0.15, 0.2) is 18.2 Å². The van der Waals surface area contributed by atoms with Gasteiger partial charge < -0.3 is 10.6 Å². The van der Waals surface area contributed by atoms with Crippen LogP contribution in [0.5, 0.6) is 0 Å². The molecule has 0 saturated carbocycles. The molecule has 1 aromatic carbocycles. The number of nitrogens with zero attached hydrogens (tertiary/aromatic N) is 1. The molecule has 1 fully saturated rings. The summed E-state index contributed by atoms with van der Waals surface area (Å²) in [5.41, 5.74) is 1.02. The quantitative estimate of drug-likeness (QED) is 0.497. The number of thiocarbonyl (C=S) groups is 1. The second-order valence-corrected chi connectivity index (χ2v) is 6.27. The first-order valence-corrected chi connectivity index (χ1v) is 7.22. The number of carbonyl (C=O) groups excluding carboxylic acids is 2. The molecule has 1 unspecified atom stereocenters. The van der Waals surface area contributed by atoms with Crippen LogP contribution in [-0.2, 0) is 9.59 Å². The summed E-state index contributed by atoms with van der Waals surface area (Å²) in [6.07, 6.45) is -0.00688. The van der Waals surface area contributed by atoms with Gasteiger partial charge in [0, 0.05) is 24.2 Å². The Morgan fingerprint density at radius 2 is 2.29 bits per heavy atom. The van der Waals surface area contributed by atoms with E-state index < -0.39 is 10.2 Å². The van der Waals surface area contributed by atoms with Crippen molar-refractivity contribution in [2.24, 2.45) is 0 Å². The molecule has 1 atom stereocenters. The fourth-order valence-corrected chi connectivity index (χ4v) is 3.07. The smallest absolute Gasteiger partial charge is 0.269 e. The van der Waals surface area contributed by atoms with Crippen LogP contribution in [0.2, 0.25) is 0 Å². The third-order valence-corrected chi connectivity index (χ3v) is 4.20. The lowest BCUT2D eigenvalue weighted by molar-refractivity contribution is -0.384. The molecule has 2 amide bonds. The number of aryl methyl sites for hydroxylation is 1. The van der Waals surface area contributed by atoms with Gasteiger partial charge >= 0.3 is 0 Å². The largest absolute Gasteiger partial charge is 0.326 e. The summed E-state index contributed by atoms with van der Waals surface area (Å²) in [5, 5.41) is 15.2. The van der Waals surface area contributed by atoms with E-state index in [1.54, 1.807) is 6.92 Å². The maximum Gasteiger partial charge on any atom is 0.269 e. The van der Waals surface area contributed by atoms with Gasteiger partial charge in [-0.05, 0) is 18.6 Å². The van der Waals surface area contributed by atoms with Crippen molar-refractivity contribution in [3.63, 3.8) is 0 Å². The number of hydrogen-bond donors (Lipinski definition) is 2. The molecule has 2 rings (SSSR count). The first-order valence-electron chi connectivity index (χ1n) is 5.93. The minimum absolute atomic E-state index is 0.00688. The van der Waals surface area contributed by atoms with Crippen LogP contribution in [-0.4, -0.2) is 26.3 Å². The summed E-state index contributed by atoms with van der Waals surface area (Å²) in [7, 11) is 0. The third-order valence-electron chi connectivity index (χ3n) is 2.83. The second-order valence-electron chi connectivity index (χ2n) is 4.39. The van der Waals surface area contributed by atoms with Crippen LogP contribution >= 0.6 is 24.0 Å². The molecule has 1 aromatic rings. The molecule has 110 valence electrons. The molecule has 0 aromatic heterocycles. The zero-order valence-electron chi connectivity index (χ0n) is 10.9. The van der Waals surface area contributed by atoms with Gasteiger partial charge in [-0.25, -0.2) is 0 Å². The van der Waals surface area contributed by atoms with Crippen LogP contribution < -0.4 is 10.6 Å². The van der Waals surface area contributed by atoms with Crippen LogP contribution in [0, 0.1) is 17.0 Å². The number of non-ortho nitro benzene ring substituents is 1. The number of thioether (sulfide) groups is 1. The third kappa shape index (κ3) is 3.76. The predicted octanol–water partition coefficient (Wildman–Crippen LogP) is 1.75. The number of benzene rings is 1. The van der Waals surface area contributed by atoms with Crippen LogP contribution in [0.1, 0.15) is 12.0 Å².